The molecule has 3 nitrogen and oxygen atoms in total. The molecule has 0 radical (unpaired) electrons. The van der Waals surface area contributed by atoms with Gasteiger partial charge in [0.05, 0.1) is 19.8 Å². The van der Waals surface area contributed by atoms with Crippen LogP contribution in [0.3, 0.4) is 0 Å². The smallest absolute Gasteiger partial charge is 0.176 e. The summed E-state index contributed by atoms with van der Waals surface area (Å²) in [4.78, 5) is 11.5. The van der Waals surface area contributed by atoms with Crippen molar-refractivity contribution in [2.45, 2.75) is 5.92 Å². The quantitative estimate of drug-likeness (QED) is 0.751. The maximum Gasteiger partial charge on any atom is 0.176 e. The molecular formula is C12H15NO2. The number of hydrogen-bond acceptors (Lipinski definition) is 3. The van der Waals surface area contributed by atoms with Crippen molar-refractivity contribution in [3.63, 3.8) is 0 Å². The molecule has 0 aromatic heterocycles. The first-order valence-corrected chi connectivity index (χ1v) is 5.17. The molecule has 0 saturated carbocycles. The maximum atomic E-state index is 11.5. The molecule has 3 heteroatoms. The van der Waals surface area contributed by atoms with E-state index in [1.54, 1.807) is 7.05 Å². The van der Waals surface area contributed by atoms with E-state index in [0.717, 1.165) is 18.8 Å². The predicted molar refractivity (Wildman–Crippen MR) is 58.3 cm³/mol. The molecule has 15 heavy (non-hydrogen) atoms. The molecule has 0 atom stereocenters. The highest BCUT2D eigenvalue weighted by Crippen LogP contribution is 2.23. The molecule has 1 aromatic rings. The summed E-state index contributed by atoms with van der Waals surface area (Å²) >= 11 is 0. The summed E-state index contributed by atoms with van der Waals surface area (Å²) in [6.45, 7) is 2.01. The number of ketones is 1. The van der Waals surface area contributed by atoms with E-state index in [4.69, 9.17) is 4.74 Å². The Bertz CT molecular complexity index is 341. The fourth-order valence-electron chi connectivity index (χ4n) is 1.63. The van der Waals surface area contributed by atoms with Crippen LogP contribution in [0.25, 0.3) is 0 Å². The monoisotopic (exact) mass is 205 g/mol. The van der Waals surface area contributed by atoms with Crippen LogP contribution in [0.2, 0.25) is 0 Å². The molecular weight excluding hydrogens is 190 g/mol. The maximum absolute atomic E-state index is 11.5. The number of benzene rings is 1. The summed E-state index contributed by atoms with van der Waals surface area (Å²) in [6.07, 6.45) is 0. The first-order chi connectivity index (χ1) is 7.31. The lowest BCUT2D eigenvalue weighted by Gasteiger charge is -2.26. The lowest BCUT2D eigenvalue weighted by atomic mass is 9.96. The molecule has 0 unspecified atom stereocenters. The van der Waals surface area contributed by atoms with Gasteiger partial charge in [0.15, 0.2) is 5.78 Å². The third-order valence-electron chi connectivity index (χ3n) is 2.68. The number of rotatable bonds is 4. The zero-order chi connectivity index (χ0) is 10.7. The lowest BCUT2D eigenvalue weighted by Crippen LogP contribution is -2.25. The second kappa shape index (κ2) is 4.55. The molecule has 0 aliphatic carbocycles. The molecule has 1 heterocycles. The van der Waals surface area contributed by atoms with Gasteiger partial charge in [0.1, 0.15) is 0 Å². The van der Waals surface area contributed by atoms with Gasteiger partial charge in [0.25, 0.3) is 0 Å². The van der Waals surface area contributed by atoms with Crippen LogP contribution in [0.1, 0.15) is 21.8 Å². The van der Waals surface area contributed by atoms with Gasteiger partial charge < -0.3 is 10.1 Å². The Morgan fingerprint density at radius 1 is 1.40 bits per heavy atom. The molecule has 0 amide bonds. The molecule has 0 bridgehead atoms. The third kappa shape index (κ3) is 2.25. The van der Waals surface area contributed by atoms with Crippen LogP contribution in [0, 0.1) is 0 Å². The Hall–Kier alpha value is -1.19. The van der Waals surface area contributed by atoms with E-state index >= 15 is 0 Å². The number of ether oxygens (including phenoxy) is 1. The summed E-state index contributed by atoms with van der Waals surface area (Å²) in [5.41, 5.74) is 2.04. The van der Waals surface area contributed by atoms with Gasteiger partial charge in [-0.2, -0.15) is 0 Å². The average Bonchev–Trinajstić information content (AvgIpc) is 2.16. The van der Waals surface area contributed by atoms with Crippen LogP contribution in [0.15, 0.2) is 24.3 Å². The van der Waals surface area contributed by atoms with Gasteiger partial charge in [0.2, 0.25) is 0 Å². The third-order valence-corrected chi connectivity index (χ3v) is 2.68. The van der Waals surface area contributed by atoms with Gasteiger partial charge in [-0.1, -0.05) is 24.3 Å². The normalized spacial score (nSPS) is 16.1. The van der Waals surface area contributed by atoms with Gasteiger partial charge in [0, 0.05) is 11.5 Å². The Labute approximate surface area is 89.4 Å². The molecule has 2 rings (SSSR count). The van der Waals surface area contributed by atoms with E-state index < -0.39 is 0 Å². The zero-order valence-electron chi connectivity index (χ0n) is 8.82. The molecule has 1 aliphatic rings. The largest absolute Gasteiger partial charge is 0.380 e. The highest BCUT2D eigenvalue weighted by molar-refractivity contribution is 5.97. The summed E-state index contributed by atoms with van der Waals surface area (Å²) < 4.78 is 5.13. The summed E-state index contributed by atoms with van der Waals surface area (Å²) in [6, 6.07) is 7.84. The van der Waals surface area contributed by atoms with Gasteiger partial charge in [-0.25, -0.2) is 0 Å². The fraction of sp³-hybridized carbons (Fsp3) is 0.417. The number of likely N-dealkylation sites (N-methyl/N-ethyl adjacent to an activating group) is 1. The van der Waals surface area contributed by atoms with Crippen LogP contribution in [0.4, 0.5) is 0 Å². The van der Waals surface area contributed by atoms with Gasteiger partial charge >= 0.3 is 0 Å². The van der Waals surface area contributed by atoms with Crippen LogP contribution < -0.4 is 5.32 Å². The standard InChI is InChI=1S/C12H15NO2/c1-13-6-12(14)10-4-2-9(3-5-10)11-7-15-8-11/h2-5,11,13H,6-8H2,1H3. The van der Waals surface area contributed by atoms with Crippen molar-refractivity contribution in [1.82, 2.24) is 5.32 Å². The molecule has 1 saturated heterocycles. The zero-order valence-corrected chi connectivity index (χ0v) is 8.82. The number of nitrogens with one attached hydrogen (secondary N) is 1. The van der Waals surface area contributed by atoms with Crippen molar-refractivity contribution in [3.8, 4) is 0 Å². The minimum Gasteiger partial charge on any atom is -0.380 e. The SMILES string of the molecule is CNCC(=O)c1ccc(C2COC2)cc1. The number of carbonyl (C=O) groups excluding carboxylic acids is 1. The number of hydrogen-bond donors (Lipinski definition) is 1. The Morgan fingerprint density at radius 3 is 2.53 bits per heavy atom. The van der Waals surface area contributed by atoms with E-state index in [-0.39, 0.29) is 5.78 Å². The second-order valence-electron chi connectivity index (χ2n) is 3.81. The van der Waals surface area contributed by atoms with E-state index in [1.807, 2.05) is 24.3 Å². The van der Waals surface area contributed by atoms with Crippen molar-refractivity contribution in [3.05, 3.63) is 35.4 Å². The summed E-state index contributed by atoms with van der Waals surface area (Å²) in [5, 5.41) is 2.86. The van der Waals surface area contributed by atoms with Crippen molar-refractivity contribution in [2.75, 3.05) is 26.8 Å². The Balaban J connectivity index is 2.06. The number of Topliss-reactive ketones (excluding diaryl/α,β-unsaturated/α-hetero) is 1. The fourth-order valence-corrected chi connectivity index (χ4v) is 1.63. The molecule has 1 aromatic carbocycles. The minimum absolute atomic E-state index is 0.133. The Morgan fingerprint density at radius 2 is 2.07 bits per heavy atom. The van der Waals surface area contributed by atoms with Gasteiger partial charge in [-0.15, -0.1) is 0 Å². The highest BCUT2D eigenvalue weighted by atomic mass is 16.5. The minimum atomic E-state index is 0.133. The Kier molecular flexibility index (Phi) is 3.14. The lowest BCUT2D eigenvalue weighted by molar-refractivity contribution is 0.00842. The highest BCUT2D eigenvalue weighted by Gasteiger charge is 2.20. The van der Waals surface area contributed by atoms with Crippen LogP contribution in [0.5, 0.6) is 0 Å². The summed E-state index contributed by atoms with van der Waals surface area (Å²) in [7, 11) is 1.78. The predicted octanol–water partition coefficient (Wildman–Crippen LogP) is 1.20. The van der Waals surface area contributed by atoms with E-state index in [9.17, 15) is 4.79 Å². The van der Waals surface area contributed by atoms with E-state index in [0.29, 0.717) is 12.5 Å². The van der Waals surface area contributed by atoms with Crippen molar-refractivity contribution in [1.29, 1.82) is 0 Å². The second-order valence-corrected chi connectivity index (χ2v) is 3.81. The van der Waals surface area contributed by atoms with Gasteiger partial charge in [-0.05, 0) is 12.6 Å². The van der Waals surface area contributed by atoms with Crippen LogP contribution >= 0.6 is 0 Å². The molecule has 0 spiro atoms. The van der Waals surface area contributed by atoms with Crippen molar-refractivity contribution in [2.24, 2.45) is 0 Å². The van der Waals surface area contributed by atoms with Gasteiger partial charge in [-0.3, -0.25) is 4.79 Å². The summed E-state index contributed by atoms with van der Waals surface area (Å²) in [5.74, 6) is 0.660. The van der Waals surface area contributed by atoms with Crippen molar-refractivity contribution < 1.29 is 9.53 Å². The van der Waals surface area contributed by atoms with E-state index in [2.05, 4.69) is 5.32 Å². The molecule has 1 aliphatic heterocycles. The molecule has 1 N–H and O–H groups in total. The van der Waals surface area contributed by atoms with E-state index in [1.165, 1.54) is 5.56 Å². The van der Waals surface area contributed by atoms with Crippen LogP contribution in [-0.2, 0) is 4.74 Å². The van der Waals surface area contributed by atoms with Crippen LogP contribution in [-0.4, -0.2) is 32.6 Å². The number of carbonyl (C=O) groups is 1. The van der Waals surface area contributed by atoms with Crippen molar-refractivity contribution >= 4 is 5.78 Å². The molecule has 80 valence electrons. The topological polar surface area (TPSA) is 38.3 Å². The molecule has 1 fully saturated rings. The first kappa shape index (κ1) is 10.3. The average molecular weight is 205 g/mol. The first-order valence-electron chi connectivity index (χ1n) is 5.17.